The van der Waals surface area contributed by atoms with Crippen molar-refractivity contribution in [3.05, 3.63) is 0 Å². The molecule has 0 aromatic heterocycles. The van der Waals surface area contributed by atoms with Crippen molar-refractivity contribution in [2.24, 2.45) is 23.2 Å². The van der Waals surface area contributed by atoms with Crippen molar-refractivity contribution >= 4 is 23.8 Å². The second-order valence-electron chi connectivity index (χ2n) is 9.74. The SMILES string of the molecule is O=C(OCC(=O)N1CCNC1=O)[C@H]1CCCN1C(=O)C12CC3CC(CC(C3)C1)C2. The molecule has 4 aliphatic carbocycles. The topological polar surface area (TPSA) is 96.0 Å². The molecule has 6 rings (SSSR count). The zero-order valence-electron chi connectivity index (χ0n) is 16.7. The van der Waals surface area contributed by atoms with Crippen molar-refractivity contribution in [3.63, 3.8) is 0 Å². The minimum absolute atomic E-state index is 0.140. The highest BCUT2D eigenvalue weighted by Crippen LogP contribution is 2.60. The number of ether oxygens (including phenoxy) is 1. The summed E-state index contributed by atoms with van der Waals surface area (Å²) in [6.45, 7) is 0.828. The van der Waals surface area contributed by atoms with E-state index in [1.807, 2.05) is 0 Å². The molecule has 4 saturated carbocycles. The van der Waals surface area contributed by atoms with E-state index in [4.69, 9.17) is 4.74 Å². The quantitative estimate of drug-likeness (QED) is 0.714. The average molecular weight is 403 g/mol. The van der Waals surface area contributed by atoms with Gasteiger partial charge in [-0.05, 0) is 69.1 Å². The predicted octanol–water partition coefficient (Wildman–Crippen LogP) is 1.29. The third kappa shape index (κ3) is 3.20. The summed E-state index contributed by atoms with van der Waals surface area (Å²) in [6, 6.07) is -1.05. The monoisotopic (exact) mass is 403 g/mol. The normalized spacial score (nSPS) is 37.7. The number of urea groups is 1. The van der Waals surface area contributed by atoms with Gasteiger partial charge in [-0.25, -0.2) is 9.59 Å². The van der Waals surface area contributed by atoms with Gasteiger partial charge in [0.1, 0.15) is 6.04 Å². The smallest absolute Gasteiger partial charge is 0.329 e. The van der Waals surface area contributed by atoms with Crippen LogP contribution in [0.5, 0.6) is 0 Å². The van der Waals surface area contributed by atoms with Crippen LogP contribution in [0.3, 0.4) is 0 Å². The third-order valence-corrected chi connectivity index (χ3v) is 7.77. The number of esters is 1. The number of carbonyl (C=O) groups is 4. The first-order chi connectivity index (χ1) is 13.9. The van der Waals surface area contributed by atoms with Crippen molar-refractivity contribution in [2.45, 2.75) is 57.4 Å². The summed E-state index contributed by atoms with van der Waals surface area (Å²) in [4.78, 5) is 52.8. The Morgan fingerprint density at radius 1 is 1.03 bits per heavy atom. The van der Waals surface area contributed by atoms with E-state index in [0.29, 0.717) is 37.3 Å². The highest BCUT2D eigenvalue weighted by molar-refractivity contribution is 5.97. The molecular weight excluding hydrogens is 374 g/mol. The number of nitrogens with one attached hydrogen (secondary N) is 1. The van der Waals surface area contributed by atoms with Crippen LogP contribution in [-0.2, 0) is 19.1 Å². The van der Waals surface area contributed by atoms with Gasteiger partial charge >= 0.3 is 12.0 Å². The number of likely N-dealkylation sites (tertiary alicyclic amines) is 1. The lowest BCUT2D eigenvalue weighted by Crippen LogP contribution is -2.56. The van der Waals surface area contributed by atoms with Crippen molar-refractivity contribution in [2.75, 3.05) is 26.2 Å². The Bertz CT molecular complexity index is 715. The second kappa shape index (κ2) is 6.99. The molecule has 4 amide bonds. The van der Waals surface area contributed by atoms with Crippen LogP contribution < -0.4 is 5.32 Å². The Labute approximate surface area is 170 Å². The van der Waals surface area contributed by atoms with Crippen LogP contribution in [0.2, 0.25) is 0 Å². The molecule has 0 spiro atoms. The number of carbonyl (C=O) groups excluding carboxylic acids is 4. The largest absolute Gasteiger partial charge is 0.454 e. The van der Waals surface area contributed by atoms with Gasteiger partial charge in [0.05, 0.1) is 5.41 Å². The second-order valence-corrected chi connectivity index (χ2v) is 9.74. The average Bonchev–Trinajstić information content (AvgIpc) is 3.33. The molecule has 0 unspecified atom stereocenters. The Hall–Kier alpha value is -2.12. The van der Waals surface area contributed by atoms with Gasteiger partial charge in [0.2, 0.25) is 5.91 Å². The highest BCUT2D eigenvalue weighted by Gasteiger charge is 2.57. The molecule has 8 heteroatoms. The molecule has 2 saturated heterocycles. The van der Waals surface area contributed by atoms with E-state index in [9.17, 15) is 19.2 Å². The molecule has 29 heavy (non-hydrogen) atoms. The Balaban J connectivity index is 1.23. The van der Waals surface area contributed by atoms with Gasteiger partial charge in [-0.2, -0.15) is 0 Å². The van der Waals surface area contributed by atoms with Crippen molar-refractivity contribution in [3.8, 4) is 0 Å². The minimum atomic E-state index is -0.601. The first-order valence-corrected chi connectivity index (χ1v) is 11.0. The van der Waals surface area contributed by atoms with Crippen LogP contribution in [0.1, 0.15) is 51.4 Å². The zero-order chi connectivity index (χ0) is 20.2. The molecule has 6 fully saturated rings. The number of nitrogens with zero attached hydrogens (tertiary/aromatic N) is 2. The van der Waals surface area contributed by atoms with E-state index in [1.165, 1.54) is 19.3 Å². The van der Waals surface area contributed by atoms with Crippen LogP contribution in [0, 0.1) is 23.2 Å². The molecule has 8 nitrogen and oxygen atoms in total. The first kappa shape index (κ1) is 18.9. The first-order valence-electron chi connectivity index (χ1n) is 11.0. The Morgan fingerprint density at radius 2 is 1.69 bits per heavy atom. The van der Waals surface area contributed by atoms with Crippen LogP contribution in [0.25, 0.3) is 0 Å². The van der Waals surface area contributed by atoms with E-state index in [-0.39, 0.29) is 17.9 Å². The molecule has 4 bridgehead atoms. The Morgan fingerprint density at radius 3 is 2.28 bits per heavy atom. The van der Waals surface area contributed by atoms with E-state index in [1.54, 1.807) is 4.90 Å². The summed E-state index contributed by atoms with van der Waals surface area (Å²) in [5.74, 6) is 1.10. The van der Waals surface area contributed by atoms with Gasteiger partial charge in [0.25, 0.3) is 5.91 Å². The standard InChI is InChI=1S/C21H29N3O5/c25-17(24-5-3-22-20(24)28)12-29-18(26)16-2-1-4-23(16)19(27)21-9-13-6-14(10-21)8-15(7-13)11-21/h13-16H,1-12H2,(H,22,28)/t13?,14?,15?,16-,21?/m1/s1. The van der Waals surface area contributed by atoms with E-state index >= 15 is 0 Å². The van der Waals surface area contributed by atoms with Gasteiger partial charge in [-0.1, -0.05) is 0 Å². The predicted molar refractivity (Wildman–Crippen MR) is 101 cm³/mol. The van der Waals surface area contributed by atoms with Crippen molar-refractivity contribution in [1.82, 2.24) is 15.1 Å². The van der Waals surface area contributed by atoms with Crippen LogP contribution in [0.15, 0.2) is 0 Å². The van der Waals surface area contributed by atoms with E-state index in [0.717, 1.165) is 30.6 Å². The molecule has 0 radical (unpaired) electrons. The van der Waals surface area contributed by atoms with Gasteiger partial charge in [0, 0.05) is 19.6 Å². The summed E-state index contributed by atoms with van der Waals surface area (Å²) in [7, 11) is 0. The number of hydrogen-bond donors (Lipinski definition) is 1. The van der Waals surface area contributed by atoms with Crippen LogP contribution in [0.4, 0.5) is 4.79 Å². The molecule has 0 aromatic carbocycles. The summed E-state index contributed by atoms with van der Waals surface area (Å²) >= 11 is 0. The maximum atomic E-state index is 13.6. The molecule has 2 heterocycles. The number of amides is 4. The molecule has 6 aliphatic rings. The zero-order valence-corrected chi connectivity index (χ0v) is 16.7. The van der Waals surface area contributed by atoms with Gasteiger partial charge in [-0.15, -0.1) is 0 Å². The molecular formula is C21H29N3O5. The summed E-state index contributed by atoms with van der Waals surface area (Å²) in [5.41, 5.74) is -0.277. The third-order valence-electron chi connectivity index (χ3n) is 7.77. The molecule has 0 aromatic rings. The Kier molecular flexibility index (Phi) is 4.55. The fraction of sp³-hybridized carbons (Fsp3) is 0.810. The fourth-order valence-corrected chi connectivity index (χ4v) is 6.95. The molecule has 2 aliphatic heterocycles. The highest BCUT2D eigenvalue weighted by atomic mass is 16.5. The number of hydrogen-bond acceptors (Lipinski definition) is 5. The van der Waals surface area contributed by atoms with Gasteiger partial charge in [0.15, 0.2) is 6.61 Å². The lowest BCUT2D eigenvalue weighted by atomic mass is 9.49. The van der Waals surface area contributed by atoms with E-state index < -0.39 is 30.6 Å². The van der Waals surface area contributed by atoms with Gasteiger partial charge < -0.3 is 15.0 Å². The minimum Gasteiger partial charge on any atom is -0.454 e. The number of rotatable bonds is 4. The lowest BCUT2D eigenvalue weighted by Gasteiger charge is -2.56. The summed E-state index contributed by atoms with van der Waals surface area (Å²) < 4.78 is 5.24. The molecule has 1 atom stereocenters. The van der Waals surface area contributed by atoms with Gasteiger partial charge in [-0.3, -0.25) is 14.5 Å². The lowest BCUT2D eigenvalue weighted by molar-refractivity contribution is -0.166. The summed E-state index contributed by atoms with van der Waals surface area (Å²) in [5, 5.41) is 2.55. The number of imide groups is 1. The fourth-order valence-electron chi connectivity index (χ4n) is 6.95. The maximum Gasteiger partial charge on any atom is 0.329 e. The van der Waals surface area contributed by atoms with Crippen LogP contribution >= 0.6 is 0 Å². The van der Waals surface area contributed by atoms with Crippen LogP contribution in [-0.4, -0.2) is 65.9 Å². The molecule has 158 valence electrons. The van der Waals surface area contributed by atoms with E-state index in [2.05, 4.69) is 5.32 Å². The summed E-state index contributed by atoms with van der Waals surface area (Å²) in [6.07, 6.45) is 8.07. The molecule has 1 N–H and O–H groups in total. The maximum absolute atomic E-state index is 13.6. The van der Waals surface area contributed by atoms with Crippen molar-refractivity contribution < 1.29 is 23.9 Å². The van der Waals surface area contributed by atoms with Crippen molar-refractivity contribution in [1.29, 1.82) is 0 Å².